The summed E-state index contributed by atoms with van der Waals surface area (Å²) in [5.41, 5.74) is 1.35. The molecule has 1 aliphatic rings. The van der Waals surface area contributed by atoms with Crippen LogP contribution >= 0.6 is 11.6 Å². The molecule has 0 saturated heterocycles. The van der Waals surface area contributed by atoms with Crippen LogP contribution in [0.3, 0.4) is 0 Å². The molecule has 0 aliphatic heterocycles. The summed E-state index contributed by atoms with van der Waals surface area (Å²) in [6.07, 6.45) is 7.19. The Morgan fingerprint density at radius 1 is 1.14 bits per heavy atom. The maximum absolute atomic E-state index is 12.6. The number of ketones is 1. The number of carbonyl (C=O) groups is 2. The van der Waals surface area contributed by atoms with Gasteiger partial charge in [-0.15, -0.1) is 0 Å². The van der Waals surface area contributed by atoms with Crippen LogP contribution in [0.25, 0.3) is 0 Å². The summed E-state index contributed by atoms with van der Waals surface area (Å²) in [6.45, 7) is 2.08. The smallest absolute Gasteiger partial charge is 0.270 e. The van der Waals surface area contributed by atoms with Gasteiger partial charge in [0.15, 0.2) is 0 Å². The molecule has 2 aromatic rings. The highest BCUT2D eigenvalue weighted by atomic mass is 35.5. The SMILES string of the molecule is CC1(NC(=O)c2cc(CC(=O)Cc3cc(Cl)ccc3O)ccn2)CCCCC1. The number of amides is 1. The minimum Gasteiger partial charge on any atom is -0.508 e. The molecule has 148 valence electrons. The molecular formula is C22H25ClN2O3. The van der Waals surface area contributed by atoms with Crippen molar-refractivity contribution < 1.29 is 14.7 Å². The number of pyridine rings is 1. The van der Waals surface area contributed by atoms with Crippen molar-refractivity contribution in [2.45, 2.75) is 57.4 Å². The lowest BCUT2D eigenvalue weighted by atomic mass is 9.83. The third-order valence-electron chi connectivity index (χ3n) is 5.26. The normalized spacial score (nSPS) is 15.8. The first-order valence-electron chi connectivity index (χ1n) is 9.61. The van der Waals surface area contributed by atoms with Crippen LogP contribution < -0.4 is 5.32 Å². The van der Waals surface area contributed by atoms with Gasteiger partial charge in [-0.3, -0.25) is 14.6 Å². The fraction of sp³-hybridized carbons (Fsp3) is 0.409. The second-order valence-electron chi connectivity index (χ2n) is 7.79. The van der Waals surface area contributed by atoms with E-state index in [1.165, 1.54) is 12.5 Å². The number of phenolic OH excluding ortho intramolecular Hbond substituents is 1. The zero-order chi connectivity index (χ0) is 20.1. The van der Waals surface area contributed by atoms with Gasteiger partial charge in [0.05, 0.1) is 0 Å². The molecule has 0 atom stereocenters. The molecule has 28 heavy (non-hydrogen) atoms. The average Bonchev–Trinajstić information content (AvgIpc) is 2.65. The van der Waals surface area contributed by atoms with Crippen molar-refractivity contribution >= 4 is 23.3 Å². The minimum absolute atomic E-state index is 0.0493. The monoisotopic (exact) mass is 400 g/mol. The first-order valence-corrected chi connectivity index (χ1v) is 9.99. The Hall–Kier alpha value is -2.40. The molecule has 1 fully saturated rings. The zero-order valence-electron chi connectivity index (χ0n) is 16.0. The van der Waals surface area contributed by atoms with Gasteiger partial charge in [-0.2, -0.15) is 0 Å². The van der Waals surface area contributed by atoms with Gasteiger partial charge in [-0.25, -0.2) is 0 Å². The highest BCUT2D eigenvalue weighted by Gasteiger charge is 2.29. The largest absolute Gasteiger partial charge is 0.508 e. The van der Waals surface area contributed by atoms with Crippen molar-refractivity contribution in [3.63, 3.8) is 0 Å². The van der Waals surface area contributed by atoms with Crippen molar-refractivity contribution in [2.24, 2.45) is 0 Å². The predicted octanol–water partition coefficient (Wildman–Crippen LogP) is 4.25. The van der Waals surface area contributed by atoms with Crippen LogP contribution in [0.5, 0.6) is 5.75 Å². The van der Waals surface area contributed by atoms with E-state index in [4.69, 9.17) is 11.6 Å². The number of aromatic hydroxyl groups is 1. The second-order valence-corrected chi connectivity index (χ2v) is 8.23. The molecule has 1 aromatic heterocycles. The van der Waals surface area contributed by atoms with Crippen LogP contribution in [0.1, 0.15) is 60.6 Å². The molecule has 0 radical (unpaired) electrons. The van der Waals surface area contributed by atoms with Crippen molar-refractivity contribution in [3.05, 3.63) is 58.4 Å². The summed E-state index contributed by atoms with van der Waals surface area (Å²) >= 11 is 5.93. The minimum atomic E-state index is -0.203. The van der Waals surface area contributed by atoms with Crippen LogP contribution in [-0.2, 0) is 17.6 Å². The third-order valence-corrected chi connectivity index (χ3v) is 5.49. The van der Waals surface area contributed by atoms with Crippen LogP contribution in [0.2, 0.25) is 5.02 Å². The van der Waals surface area contributed by atoms with Crippen molar-refractivity contribution in [3.8, 4) is 5.75 Å². The van der Waals surface area contributed by atoms with Crippen LogP contribution in [0, 0.1) is 0 Å². The highest BCUT2D eigenvalue weighted by Crippen LogP contribution is 2.28. The first-order chi connectivity index (χ1) is 13.3. The van der Waals surface area contributed by atoms with Gasteiger partial charge in [0.2, 0.25) is 0 Å². The molecule has 0 unspecified atom stereocenters. The maximum Gasteiger partial charge on any atom is 0.270 e. The van der Waals surface area contributed by atoms with Gasteiger partial charge in [-0.1, -0.05) is 30.9 Å². The maximum atomic E-state index is 12.6. The summed E-state index contributed by atoms with van der Waals surface area (Å²) in [6, 6.07) is 8.04. The number of benzene rings is 1. The van der Waals surface area contributed by atoms with Gasteiger partial charge in [0.25, 0.3) is 5.91 Å². The van der Waals surface area contributed by atoms with Gasteiger partial charge in [0.1, 0.15) is 17.2 Å². The second kappa shape index (κ2) is 8.74. The van der Waals surface area contributed by atoms with E-state index in [9.17, 15) is 14.7 Å². The fourth-order valence-electron chi connectivity index (χ4n) is 3.70. The Morgan fingerprint density at radius 3 is 2.64 bits per heavy atom. The summed E-state index contributed by atoms with van der Waals surface area (Å²) < 4.78 is 0. The molecule has 1 amide bonds. The lowest BCUT2D eigenvalue weighted by Crippen LogP contribution is -2.47. The molecule has 2 N–H and O–H groups in total. The van der Waals surface area contributed by atoms with Gasteiger partial charge < -0.3 is 10.4 Å². The number of rotatable bonds is 6. The third kappa shape index (κ3) is 5.32. The Balaban J connectivity index is 1.64. The van der Waals surface area contributed by atoms with Crippen LogP contribution in [0.4, 0.5) is 0 Å². The molecule has 1 heterocycles. The van der Waals surface area contributed by atoms with Crippen LogP contribution in [-0.4, -0.2) is 27.3 Å². The molecule has 3 rings (SSSR count). The number of hydrogen-bond acceptors (Lipinski definition) is 4. The number of halogens is 1. The summed E-state index contributed by atoms with van der Waals surface area (Å²) in [5.74, 6) is -0.228. The molecule has 0 spiro atoms. The zero-order valence-corrected chi connectivity index (χ0v) is 16.8. The first kappa shape index (κ1) is 20.3. The van der Waals surface area contributed by atoms with E-state index in [0.717, 1.165) is 31.2 Å². The number of nitrogens with one attached hydrogen (secondary N) is 1. The lowest BCUT2D eigenvalue weighted by Gasteiger charge is -2.34. The summed E-state index contributed by atoms with van der Waals surface area (Å²) in [4.78, 5) is 29.2. The standard InChI is InChI=1S/C22H25ClN2O3/c1-22(8-3-2-4-9-22)25-21(28)19-12-15(7-10-24-19)11-18(26)14-16-13-17(23)5-6-20(16)27/h5-7,10,12-13,27H,2-4,8-9,11,14H2,1H3,(H,25,28). The van der Waals surface area contributed by atoms with E-state index in [2.05, 4.69) is 17.2 Å². The number of carbonyl (C=O) groups excluding carboxylic acids is 2. The number of nitrogens with zero attached hydrogens (tertiary/aromatic N) is 1. The Bertz CT molecular complexity index is 876. The number of Topliss-reactive ketones (excluding diaryl/α,β-unsaturated/α-hetero) is 1. The quantitative estimate of drug-likeness (QED) is 0.759. The lowest BCUT2D eigenvalue weighted by molar-refractivity contribution is -0.117. The average molecular weight is 401 g/mol. The number of phenols is 1. The molecule has 1 aromatic carbocycles. The summed E-state index contributed by atoms with van der Waals surface area (Å²) in [5, 5.41) is 13.5. The number of aromatic nitrogens is 1. The van der Waals surface area contributed by atoms with E-state index < -0.39 is 0 Å². The number of hydrogen-bond donors (Lipinski definition) is 2. The highest BCUT2D eigenvalue weighted by molar-refractivity contribution is 6.30. The van der Waals surface area contributed by atoms with Crippen molar-refractivity contribution in [1.82, 2.24) is 10.3 Å². The molecule has 5 nitrogen and oxygen atoms in total. The van der Waals surface area contributed by atoms with E-state index >= 15 is 0 Å². The molecule has 0 bridgehead atoms. The van der Waals surface area contributed by atoms with E-state index in [-0.39, 0.29) is 35.8 Å². The van der Waals surface area contributed by atoms with E-state index in [1.54, 1.807) is 30.5 Å². The molecular weight excluding hydrogens is 376 g/mol. The fourth-order valence-corrected chi connectivity index (χ4v) is 3.90. The van der Waals surface area contributed by atoms with E-state index in [0.29, 0.717) is 16.3 Å². The van der Waals surface area contributed by atoms with Gasteiger partial charge in [-0.05, 0) is 55.7 Å². The predicted molar refractivity (Wildman–Crippen MR) is 109 cm³/mol. The Kier molecular flexibility index (Phi) is 6.35. The van der Waals surface area contributed by atoms with E-state index in [1.807, 2.05) is 0 Å². The van der Waals surface area contributed by atoms with Gasteiger partial charge in [0, 0.05) is 35.2 Å². The van der Waals surface area contributed by atoms with Crippen LogP contribution in [0.15, 0.2) is 36.5 Å². The molecule has 6 heteroatoms. The summed E-state index contributed by atoms with van der Waals surface area (Å²) in [7, 11) is 0. The molecule has 1 saturated carbocycles. The topological polar surface area (TPSA) is 79.3 Å². The van der Waals surface area contributed by atoms with Crippen molar-refractivity contribution in [1.29, 1.82) is 0 Å². The Labute approximate surface area is 170 Å². The van der Waals surface area contributed by atoms with Gasteiger partial charge >= 0.3 is 0 Å². The molecule has 1 aliphatic carbocycles. The van der Waals surface area contributed by atoms with Crippen molar-refractivity contribution in [2.75, 3.05) is 0 Å². The Morgan fingerprint density at radius 2 is 1.89 bits per heavy atom.